The summed E-state index contributed by atoms with van der Waals surface area (Å²) in [7, 11) is 0. The van der Waals surface area contributed by atoms with E-state index in [1.165, 1.54) is 6.08 Å². The van der Waals surface area contributed by atoms with Crippen LogP contribution in [-0.2, 0) is 16.0 Å². The fraction of sp³-hybridized carbons (Fsp3) is 0.368. The van der Waals surface area contributed by atoms with Crippen molar-refractivity contribution in [3.05, 3.63) is 53.1 Å². The third-order valence-electron chi connectivity index (χ3n) is 3.92. The number of ketones is 1. The van der Waals surface area contributed by atoms with Crippen molar-refractivity contribution >= 4 is 11.8 Å². The number of carbonyl (C=O) groups excluding carboxylic acids is 2. The van der Waals surface area contributed by atoms with Gasteiger partial charge in [-0.15, -0.1) is 0 Å². The fourth-order valence-corrected chi connectivity index (χ4v) is 2.30. The van der Waals surface area contributed by atoms with E-state index >= 15 is 0 Å². The molecule has 23 heavy (non-hydrogen) atoms. The van der Waals surface area contributed by atoms with Gasteiger partial charge in [0.25, 0.3) is 0 Å². The molecule has 0 saturated heterocycles. The lowest BCUT2D eigenvalue weighted by atomic mass is 10.0. The number of fused-ring (bicyclic) bond motifs is 1. The highest BCUT2D eigenvalue weighted by molar-refractivity contribution is 5.94. The lowest BCUT2D eigenvalue weighted by Crippen LogP contribution is -2.20. The summed E-state index contributed by atoms with van der Waals surface area (Å²) in [6.45, 7) is 9.50. The molecule has 0 fully saturated rings. The first kappa shape index (κ1) is 17.0. The second-order valence-electron chi connectivity index (χ2n) is 5.80. The Morgan fingerprint density at radius 1 is 1.39 bits per heavy atom. The van der Waals surface area contributed by atoms with Crippen molar-refractivity contribution in [2.24, 2.45) is 0 Å². The van der Waals surface area contributed by atoms with Gasteiger partial charge in [0.2, 0.25) is 0 Å². The Hall–Kier alpha value is -2.36. The van der Waals surface area contributed by atoms with Crippen LogP contribution in [-0.4, -0.2) is 24.5 Å². The van der Waals surface area contributed by atoms with Crippen LogP contribution in [0.25, 0.3) is 0 Å². The molecule has 1 unspecified atom stereocenters. The molecule has 1 aromatic carbocycles. The van der Waals surface area contributed by atoms with Gasteiger partial charge >= 0.3 is 5.97 Å². The third-order valence-corrected chi connectivity index (χ3v) is 3.92. The van der Waals surface area contributed by atoms with Crippen LogP contribution in [0.1, 0.15) is 43.1 Å². The molecule has 1 aromatic rings. The quantitative estimate of drug-likeness (QED) is 0.348. The Morgan fingerprint density at radius 2 is 2.13 bits per heavy atom. The monoisotopic (exact) mass is 314 g/mol. The highest BCUT2D eigenvalue weighted by atomic mass is 16.5. The molecular formula is C19H22O4. The van der Waals surface area contributed by atoms with Gasteiger partial charge in [-0.2, -0.15) is 0 Å². The summed E-state index contributed by atoms with van der Waals surface area (Å²) in [5.41, 5.74) is 3.34. The maximum atomic E-state index is 11.7. The van der Waals surface area contributed by atoms with E-state index in [-0.39, 0.29) is 24.5 Å². The average Bonchev–Trinajstić information content (AvgIpc) is 2.95. The van der Waals surface area contributed by atoms with Crippen LogP contribution in [0, 0.1) is 0 Å². The van der Waals surface area contributed by atoms with Crippen molar-refractivity contribution < 1.29 is 19.1 Å². The van der Waals surface area contributed by atoms with Gasteiger partial charge in [-0.05, 0) is 44.0 Å². The highest BCUT2D eigenvalue weighted by Gasteiger charge is 2.26. The molecule has 0 spiro atoms. The first-order valence-electron chi connectivity index (χ1n) is 7.72. The average molecular weight is 314 g/mol. The second kappa shape index (κ2) is 7.27. The zero-order valence-electron chi connectivity index (χ0n) is 13.8. The van der Waals surface area contributed by atoms with Crippen molar-refractivity contribution in [2.45, 2.75) is 39.7 Å². The van der Waals surface area contributed by atoms with Gasteiger partial charge in [-0.25, -0.2) is 4.79 Å². The van der Waals surface area contributed by atoms with Crippen LogP contribution in [0.2, 0.25) is 0 Å². The summed E-state index contributed by atoms with van der Waals surface area (Å²) >= 11 is 0. The van der Waals surface area contributed by atoms with Crippen LogP contribution in [0.4, 0.5) is 0 Å². The molecule has 0 aromatic heterocycles. The SMILES string of the molecule is C=C(COC(=O)C=C(C)CC)C1Cc2cc(C(C)=O)ccc2O1. The summed E-state index contributed by atoms with van der Waals surface area (Å²) in [6, 6.07) is 5.41. The van der Waals surface area contributed by atoms with E-state index in [2.05, 4.69) is 6.58 Å². The van der Waals surface area contributed by atoms with E-state index in [4.69, 9.17) is 9.47 Å². The van der Waals surface area contributed by atoms with Crippen molar-refractivity contribution in [3.63, 3.8) is 0 Å². The summed E-state index contributed by atoms with van der Waals surface area (Å²) in [6.07, 6.45) is 2.72. The molecule has 4 nitrogen and oxygen atoms in total. The molecule has 4 heteroatoms. The first-order chi connectivity index (χ1) is 10.9. The smallest absolute Gasteiger partial charge is 0.331 e. The molecule has 0 aliphatic carbocycles. The van der Waals surface area contributed by atoms with Crippen LogP contribution >= 0.6 is 0 Å². The predicted octanol–water partition coefficient (Wildman–Crippen LogP) is 3.65. The van der Waals surface area contributed by atoms with Crippen LogP contribution in [0.15, 0.2) is 42.0 Å². The van der Waals surface area contributed by atoms with Crippen molar-refractivity contribution in [1.82, 2.24) is 0 Å². The number of hydrogen-bond acceptors (Lipinski definition) is 4. The predicted molar refractivity (Wildman–Crippen MR) is 88.7 cm³/mol. The minimum Gasteiger partial charge on any atom is -0.485 e. The Labute approximate surface area is 136 Å². The normalized spacial score (nSPS) is 16.5. The topological polar surface area (TPSA) is 52.6 Å². The summed E-state index contributed by atoms with van der Waals surface area (Å²) in [5, 5.41) is 0. The van der Waals surface area contributed by atoms with Gasteiger partial charge in [0.1, 0.15) is 18.5 Å². The molecule has 0 bridgehead atoms. The van der Waals surface area contributed by atoms with E-state index in [1.807, 2.05) is 19.9 Å². The zero-order valence-corrected chi connectivity index (χ0v) is 13.8. The maximum Gasteiger partial charge on any atom is 0.331 e. The Morgan fingerprint density at radius 3 is 2.78 bits per heavy atom. The van der Waals surface area contributed by atoms with Crippen LogP contribution in [0.5, 0.6) is 5.75 Å². The van der Waals surface area contributed by atoms with E-state index in [0.717, 1.165) is 23.3 Å². The van der Waals surface area contributed by atoms with E-state index in [1.54, 1.807) is 19.1 Å². The van der Waals surface area contributed by atoms with E-state index < -0.39 is 0 Å². The molecule has 0 saturated carbocycles. The molecule has 122 valence electrons. The minimum atomic E-state index is -0.361. The number of hydrogen-bond donors (Lipinski definition) is 0. The van der Waals surface area contributed by atoms with Crippen molar-refractivity contribution in [1.29, 1.82) is 0 Å². The lowest BCUT2D eigenvalue weighted by Gasteiger charge is -2.13. The number of rotatable bonds is 6. The van der Waals surface area contributed by atoms with Crippen LogP contribution < -0.4 is 4.74 Å². The number of benzene rings is 1. The third kappa shape index (κ3) is 4.31. The van der Waals surface area contributed by atoms with E-state index in [0.29, 0.717) is 17.6 Å². The summed E-state index contributed by atoms with van der Waals surface area (Å²) < 4.78 is 11.0. The number of allylic oxidation sites excluding steroid dienone is 1. The van der Waals surface area contributed by atoms with Gasteiger partial charge < -0.3 is 9.47 Å². The largest absolute Gasteiger partial charge is 0.485 e. The maximum absolute atomic E-state index is 11.7. The zero-order chi connectivity index (χ0) is 17.0. The molecular weight excluding hydrogens is 292 g/mol. The molecule has 2 rings (SSSR count). The van der Waals surface area contributed by atoms with Crippen molar-refractivity contribution in [2.75, 3.05) is 6.61 Å². The molecule has 1 aliphatic heterocycles. The van der Waals surface area contributed by atoms with Crippen molar-refractivity contribution in [3.8, 4) is 5.75 Å². The van der Waals surface area contributed by atoms with Gasteiger partial charge in [0, 0.05) is 23.6 Å². The van der Waals surface area contributed by atoms with E-state index in [9.17, 15) is 9.59 Å². The first-order valence-corrected chi connectivity index (χ1v) is 7.72. The lowest BCUT2D eigenvalue weighted by molar-refractivity contribution is -0.137. The standard InChI is InChI=1S/C19H22O4/c1-5-12(2)8-19(21)22-11-13(3)18-10-16-9-15(14(4)20)6-7-17(16)23-18/h6-9,18H,3,5,10-11H2,1-2,4H3. The van der Waals surface area contributed by atoms with Gasteiger partial charge in [-0.3, -0.25) is 4.79 Å². The summed E-state index contributed by atoms with van der Waals surface area (Å²) in [5.74, 6) is 0.427. The summed E-state index contributed by atoms with van der Waals surface area (Å²) in [4.78, 5) is 23.1. The highest BCUT2D eigenvalue weighted by Crippen LogP contribution is 2.32. The number of Topliss-reactive ketones (excluding diaryl/α,β-unsaturated/α-hetero) is 1. The molecule has 1 atom stereocenters. The minimum absolute atomic E-state index is 0.0297. The van der Waals surface area contributed by atoms with Crippen LogP contribution in [0.3, 0.4) is 0 Å². The fourth-order valence-electron chi connectivity index (χ4n) is 2.30. The number of carbonyl (C=O) groups is 2. The second-order valence-corrected chi connectivity index (χ2v) is 5.80. The molecule has 1 aliphatic rings. The number of esters is 1. The number of ether oxygens (including phenoxy) is 2. The molecule has 0 N–H and O–H groups in total. The Kier molecular flexibility index (Phi) is 5.37. The van der Waals surface area contributed by atoms with Gasteiger partial charge in [-0.1, -0.05) is 19.1 Å². The Balaban J connectivity index is 1.93. The Bertz CT molecular complexity index is 670. The van der Waals surface area contributed by atoms with Gasteiger partial charge in [0.15, 0.2) is 5.78 Å². The van der Waals surface area contributed by atoms with Gasteiger partial charge in [0.05, 0.1) is 0 Å². The molecule has 0 amide bonds. The molecule has 1 heterocycles. The molecule has 0 radical (unpaired) electrons.